The number of nitrogens with one attached hydrogen (secondary N) is 1. The Morgan fingerprint density at radius 2 is 2.11 bits per heavy atom. The van der Waals surface area contributed by atoms with Crippen molar-refractivity contribution >= 4 is 27.0 Å². The first-order valence-electron chi connectivity index (χ1n) is 5.36. The Labute approximate surface area is 111 Å². The number of hydrogen-bond donors (Lipinski definition) is 2. The van der Waals surface area contributed by atoms with Gasteiger partial charge >= 0.3 is 0 Å². The van der Waals surface area contributed by atoms with E-state index in [0.717, 1.165) is 11.1 Å². The molecule has 6 heteroatoms. The van der Waals surface area contributed by atoms with Gasteiger partial charge in [0.2, 0.25) is 10.0 Å². The molecule has 0 saturated heterocycles. The number of anilines is 1. The van der Waals surface area contributed by atoms with Gasteiger partial charge in [0.25, 0.3) is 0 Å². The van der Waals surface area contributed by atoms with E-state index in [4.69, 9.17) is 5.73 Å². The molecule has 0 aliphatic heterocycles. The van der Waals surface area contributed by atoms with E-state index in [-0.39, 0.29) is 4.90 Å². The van der Waals surface area contributed by atoms with Gasteiger partial charge in [0.05, 0.1) is 4.90 Å². The van der Waals surface area contributed by atoms with Crippen molar-refractivity contribution in [2.24, 2.45) is 0 Å². The van der Waals surface area contributed by atoms with Gasteiger partial charge in [-0.1, -0.05) is 6.07 Å². The molecule has 1 heterocycles. The van der Waals surface area contributed by atoms with Crippen LogP contribution in [0.15, 0.2) is 39.9 Å². The standard InChI is InChI=1S/C12H14N2O2S2/c1-9-7-17-8-10(9)6-14-18(15,16)12-4-2-3-11(13)5-12/h2-5,7-8,14H,6,13H2,1H3. The maximum Gasteiger partial charge on any atom is 0.240 e. The fourth-order valence-corrected chi connectivity index (χ4v) is 3.42. The Hall–Kier alpha value is -1.37. The summed E-state index contributed by atoms with van der Waals surface area (Å²) in [5.74, 6) is 0. The highest BCUT2D eigenvalue weighted by Gasteiger charge is 2.14. The number of benzene rings is 1. The van der Waals surface area contributed by atoms with E-state index >= 15 is 0 Å². The van der Waals surface area contributed by atoms with Crippen LogP contribution in [0.2, 0.25) is 0 Å². The van der Waals surface area contributed by atoms with Crippen LogP contribution >= 0.6 is 11.3 Å². The van der Waals surface area contributed by atoms with Gasteiger partial charge in [-0.3, -0.25) is 0 Å². The molecule has 0 bridgehead atoms. The highest BCUT2D eigenvalue weighted by molar-refractivity contribution is 7.89. The van der Waals surface area contributed by atoms with Crippen LogP contribution in [-0.4, -0.2) is 8.42 Å². The Morgan fingerprint density at radius 3 is 2.72 bits per heavy atom. The predicted molar refractivity (Wildman–Crippen MR) is 73.9 cm³/mol. The van der Waals surface area contributed by atoms with Gasteiger partial charge in [0.15, 0.2) is 0 Å². The van der Waals surface area contributed by atoms with Crippen molar-refractivity contribution < 1.29 is 8.42 Å². The van der Waals surface area contributed by atoms with E-state index in [1.54, 1.807) is 23.5 Å². The zero-order chi connectivity index (χ0) is 13.2. The van der Waals surface area contributed by atoms with Crippen molar-refractivity contribution in [3.8, 4) is 0 Å². The highest BCUT2D eigenvalue weighted by Crippen LogP contribution is 2.16. The van der Waals surface area contributed by atoms with Crippen LogP contribution in [0.25, 0.3) is 0 Å². The smallest absolute Gasteiger partial charge is 0.240 e. The zero-order valence-electron chi connectivity index (χ0n) is 9.88. The van der Waals surface area contributed by atoms with Crippen LogP contribution in [0.1, 0.15) is 11.1 Å². The van der Waals surface area contributed by atoms with Crippen LogP contribution in [-0.2, 0) is 16.6 Å². The molecule has 0 unspecified atom stereocenters. The molecule has 2 rings (SSSR count). The maximum atomic E-state index is 12.0. The number of aryl methyl sites for hydroxylation is 1. The highest BCUT2D eigenvalue weighted by atomic mass is 32.2. The SMILES string of the molecule is Cc1cscc1CNS(=O)(=O)c1cccc(N)c1. The molecular weight excluding hydrogens is 268 g/mol. The fraction of sp³-hybridized carbons (Fsp3) is 0.167. The van der Waals surface area contributed by atoms with Crippen LogP contribution in [0.5, 0.6) is 0 Å². The van der Waals surface area contributed by atoms with Gasteiger partial charge < -0.3 is 5.73 Å². The van der Waals surface area contributed by atoms with Crippen molar-refractivity contribution in [1.29, 1.82) is 0 Å². The van der Waals surface area contributed by atoms with Gasteiger partial charge in [-0.05, 0) is 47.0 Å². The number of sulfonamides is 1. The number of nitrogen functional groups attached to an aromatic ring is 1. The molecule has 1 aromatic heterocycles. The van der Waals surface area contributed by atoms with Crippen LogP contribution < -0.4 is 10.5 Å². The molecule has 0 aliphatic rings. The summed E-state index contributed by atoms with van der Waals surface area (Å²) in [4.78, 5) is 0.190. The first kappa shape index (κ1) is 13.1. The van der Waals surface area contributed by atoms with Crippen molar-refractivity contribution in [3.63, 3.8) is 0 Å². The van der Waals surface area contributed by atoms with Gasteiger partial charge in [0, 0.05) is 12.2 Å². The largest absolute Gasteiger partial charge is 0.399 e. The van der Waals surface area contributed by atoms with E-state index in [1.165, 1.54) is 12.1 Å². The molecule has 4 nitrogen and oxygen atoms in total. The van der Waals surface area contributed by atoms with Gasteiger partial charge in [0.1, 0.15) is 0 Å². The van der Waals surface area contributed by atoms with Crippen LogP contribution in [0.4, 0.5) is 5.69 Å². The number of rotatable bonds is 4. The summed E-state index contributed by atoms with van der Waals surface area (Å²) in [5.41, 5.74) is 8.10. The zero-order valence-corrected chi connectivity index (χ0v) is 11.5. The minimum Gasteiger partial charge on any atom is -0.399 e. The number of nitrogens with two attached hydrogens (primary N) is 1. The van der Waals surface area contributed by atoms with Gasteiger partial charge in [-0.25, -0.2) is 13.1 Å². The van der Waals surface area contributed by atoms with E-state index in [2.05, 4.69) is 4.72 Å². The molecule has 2 aromatic rings. The van der Waals surface area contributed by atoms with Gasteiger partial charge in [-0.15, -0.1) is 0 Å². The second kappa shape index (κ2) is 5.09. The van der Waals surface area contributed by atoms with E-state index < -0.39 is 10.0 Å². The van der Waals surface area contributed by atoms with E-state index in [0.29, 0.717) is 12.2 Å². The molecule has 96 valence electrons. The summed E-state index contributed by atoms with van der Waals surface area (Å²) in [6, 6.07) is 6.25. The van der Waals surface area contributed by atoms with Crippen molar-refractivity contribution in [2.45, 2.75) is 18.4 Å². The lowest BCUT2D eigenvalue weighted by Gasteiger charge is -2.07. The quantitative estimate of drug-likeness (QED) is 0.844. The molecule has 1 aromatic carbocycles. The predicted octanol–water partition coefficient (Wildman–Crippen LogP) is 2.12. The Bertz CT molecular complexity index is 648. The number of thiophene rings is 1. The van der Waals surface area contributed by atoms with Crippen molar-refractivity contribution in [2.75, 3.05) is 5.73 Å². The third-order valence-electron chi connectivity index (χ3n) is 2.58. The maximum absolute atomic E-state index is 12.0. The average Bonchev–Trinajstić information content (AvgIpc) is 2.72. The molecule has 0 spiro atoms. The normalized spacial score (nSPS) is 11.6. The van der Waals surface area contributed by atoms with Crippen LogP contribution in [0.3, 0.4) is 0 Å². The first-order valence-corrected chi connectivity index (χ1v) is 7.78. The average molecular weight is 282 g/mol. The minimum absolute atomic E-state index is 0.190. The Balaban J connectivity index is 2.16. The Kier molecular flexibility index (Phi) is 3.70. The summed E-state index contributed by atoms with van der Waals surface area (Å²) in [6.07, 6.45) is 0. The van der Waals surface area contributed by atoms with Crippen molar-refractivity contribution in [3.05, 3.63) is 46.2 Å². The summed E-state index contributed by atoms with van der Waals surface area (Å²) in [6.45, 7) is 2.26. The topological polar surface area (TPSA) is 72.2 Å². The molecule has 0 aliphatic carbocycles. The first-order chi connectivity index (χ1) is 8.49. The Morgan fingerprint density at radius 1 is 1.33 bits per heavy atom. The molecule has 18 heavy (non-hydrogen) atoms. The molecule has 0 atom stereocenters. The minimum atomic E-state index is -3.50. The molecule has 0 radical (unpaired) electrons. The molecule has 0 fully saturated rings. The van der Waals surface area contributed by atoms with Crippen molar-refractivity contribution in [1.82, 2.24) is 4.72 Å². The summed E-state index contributed by atoms with van der Waals surface area (Å²) < 4.78 is 26.6. The summed E-state index contributed by atoms with van der Waals surface area (Å²) in [5, 5.41) is 3.93. The van der Waals surface area contributed by atoms with Crippen LogP contribution in [0, 0.1) is 6.92 Å². The third kappa shape index (κ3) is 2.90. The van der Waals surface area contributed by atoms with E-state index in [9.17, 15) is 8.42 Å². The fourth-order valence-electron chi connectivity index (χ4n) is 1.51. The lowest BCUT2D eigenvalue weighted by Crippen LogP contribution is -2.23. The molecular formula is C12H14N2O2S2. The van der Waals surface area contributed by atoms with Gasteiger partial charge in [-0.2, -0.15) is 11.3 Å². The van der Waals surface area contributed by atoms with E-state index in [1.807, 2.05) is 17.7 Å². The number of hydrogen-bond acceptors (Lipinski definition) is 4. The molecule has 0 amide bonds. The molecule has 0 saturated carbocycles. The second-order valence-electron chi connectivity index (χ2n) is 3.98. The third-order valence-corrected chi connectivity index (χ3v) is 4.89. The lowest BCUT2D eigenvalue weighted by atomic mass is 10.2. The lowest BCUT2D eigenvalue weighted by molar-refractivity contribution is 0.581. The second-order valence-corrected chi connectivity index (χ2v) is 6.49. The summed E-state index contributed by atoms with van der Waals surface area (Å²) >= 11 is 1.56. The summed E-state index contributed by atoms with van der Waals surface area (Å²) in [7, 11) is -3.50. The monoisotopic (exact) mass is 282 g/mol. The molecule has 3 N–H and O–H groups in total.